The van der Waals surface area contributed by atoms with Crippen molar-refractivity contribution in [3.8, 4) is 6.07 Å². The van der Waals surface area contributed by atoms with Gasteiger partial charge in [-0.15, -0.1) is 0 Å². The molecule has 0 spiro atoms. The highest BCUT2D eigenvalue weighted by Crippen LogP contribution is 2.41. The SMILES string of the molecule is CCCCC(CC)(O[SiH](C)C)C(C)(C)C#N. The summed E-state index contributed by atoms with van der Waals surface area (Å²) in [6.07, 6.45) is 4.23. The summed E-state index contributed by atoms with van der Waals surface area (Å²) in [6.45, 7) is 12.7. The Labute approximate surface area is 103 Å². The lowest BCUT2D eigenvalue weighted by molar-refractivity contribution is -0.0279. The molecular formula is C13H27NOSi. The van der Waals surface area contributed by atoms with Gasteiger partial charge < -0.3 is 4.43 Å². The quantitative estimate of drug-likeness (QED) is 0.634. The molecule has 3 heteroatoms. The zero-order chi connectivity index (χ0) is 12.8. The molecule has 1 unspecified atom stereocenters. The van der Waals surface area contributed by atoms with Gasteiger partial charge in [-0.1, -0.05) is 26.7 Å². The van der Waals surface area contributed by atoms with Gasteiger partial charge in [-0.05, 0) is 39.8 Å². The van der Waals surface area contributed by atoms with Gasteiger partial charge in [0.25, 0.3) is 0 Å². The van der Waals surface area contributed by atoms with Gasteiger partial charge in [0, 0.05) is 0 Å². The van der Waals surface area contributed by atoms with Gasteiger partial charge in [0.1, 0.15) is 0 Å². The van der Waals surface area contributed by atoms with Crippen LogP contribution in [0.15, 0.2) is 0 Å². The molecule has 0 aliphatic heterocycles. The van der Waals surface area contributed by atoms with E-state index in [1.165, 1.54) is 0 Å². The van der Waals surface area contributed by atoms with E-state index in [-0.39, 0.29) is 5.60 Å². The standard InChI is InChI=1S/C13H27NOSi/c1-7-9-10-13(8-2,15-16(5)6)12(3,4)11-14/h16H,7-10H2,1-6H3. The van der Waals surface area contributed by atoms with Crippen LogP contribution in [-0.2, 0) is 4.43 Å². The molecule has 0 saturated heterocycles. The molecule has 0 rings (SSSR count). The van der Waals surface area contributed by atoms with Crippen molar-refractivity contribution in [2.75, 3.05) is 0 Å². The molecule has 0 aliphatic carbocycles. The first-order valence-corrected chi connectivity index (χ1v) is 9.22. The second-order valence-electron chi connectivity index (χ2n) is 5.35. The fraction of sp³-hybridized carbons (Fsp3) is 0.923. The minimum Gasteiger partial charge on any atom is -0.414 e. The van der Waals surface area contributed by atoms with Gasteiger partial charge in [0.15, 0.2) is 9.04 Å². The maximum absolute atomic E-state index is 9.36. The first-order valence-electron chi connectivity index (χ1n) is 6.44. The van der Waals surface area contributed by atoms with Crippen LogP contribution >= 0.6 is 0 Å². The Morgan fingerprint density at radius 2 is 1.81 bits per heavy atom. The Kier molecular flexibility index (Phi) is 6.28. The van der Waals surface area contributed by atoms with Crippen LogP contribution < -0.4 is 0 Å². The summed E-state index contributed by atoms with van der Waals surface area (Å²) in [4.78, 5) is 0. The molecule has 0 amide bonds. The highest BCUT2D eigenvalue weighted by molar-refractivity contribution is 6.48. The average Bonchev–Trinajstić information content (AvgIpc) is 2.23. The van der Waals surface area contributed by atoms with Crippen molar-refractivity contribution >= 4 is 9.04 Å². The molecule has 0 aliphatic rings. The molecule has 2 nitrogen and oxygen atoms in total. The Morgan fingerprint density at radius 1 is 1.25 bits per heavy atom. The number of hydrogen-bond acceptors (Lipinski definition) is 2. The molecule has 0 N–H and O–H groups in total. The van der Waals surface area contributed by atoms with E-state index in [0.29, 0.717) is 0 Å². The first kappa shape index (κ1) is 15.7. The zero-order valence-electron chi connectivity index (χ0n) is 11.8. The highest BCUT2D eigenvalue weighted by atomic mass is 28.3. The van der Waals surface area contributed by atoms with Gasteiger partial charge in [0.05, 0.1) is 17.1 Å². The van der Waals surface area contributed by atoms with Crippen LogP contribution in [0.2, 0.25) is 13.1 Å². The summed E-state index contributed by atoms with van der Waals surface area (Å²) >= 11 is 0. The number of rotatable bonds is 7. The molecule has 1 atom stereocenters. The van der Waals surface area contributed by atoms with Crippen LogP contribution in [0.25, 0.3) is 0 Å². The normalized spacial score (nSPS) is 15.9. The maximum atomic E-state index is 9.36. The number of hydrogen-bond donors (Lipinski definition) is 0. The third kappa shape index (κ3) is 3.60. The van der Waals surface area contributed by atoms with Crippen molar-refractivity contribution in [3.63, 3.8) is 0 Å². The lowest BCUT2D eigenvalue weighted by Gasteiger charge is -2.44. The van der Waals surface area contributed by atoms with Crippen molar-refractivity contribution in [3.05, 3.63) is 0 Å². The fourth-order valence-electron chi connectivity index (χ4n) is 2.24. The molecule has 0 radical (unpaired) electrons. The zero-order valence-corrected chi connectivity index (χ0v) is 12.9. The van der Waals surface area contributed by atoms with Crippen molar-refractivity contribution in [2.45, 2.75) is 72.1 Å². The van der Waals surface area contributed by atoms with E-state index in [1.807, 2.05) is 13.8 Å². The van der Waals surface area contributed by atoms with E-state index >= 15 is 0 Å². The second-order valence-corrected chi connectivity index (χ2v) is 7.69. The number of nitriles is 1. The molecule has 0 heterocycles. The van der Waals surface area contributed by atoms with Gasteiger partial charge in [0.2, 0.25) is 0 Å². The topological polar surface area (TPSA) is 33.0 Å². The Balaban J connectivity index is 5.04. The highest BCUT2D eigenvalue weighted by Gasteiger charge is 2.44. The third-order valence-electron chi connectivity index (χ3n) is 3.39. The molecule has 0 aromatic carbocycles. The molecule has 0 aromatic heterocycles. The predicted octanol–water partition coefficient (Wildman–Crippen LogP) is 3.88. The summed E-state index contributed by atoms with van der Waals surface area (Å²) in [7, 11) is -1.12. The smallest absolute Gasteiger partial charge is 0.171 e. The summed E-state index contributed by atoms with van der Waals surface area (Å²) in [5.41, 5.74) is -0.633. The monoisotopic (exact) mass is 241 g/mol. The Morgan fingerprint density at radius 3 is 2.12 bits per heavy atom. The van der Waals surface area contributed by atoms with Crippen LogP contribution in [0, 0.1) is 16.7 Å². The van der Waals surface area contributed by atoms with E-state index in [1.54, 1.807) is 0 Å². The minimum absolute atomic E-state index is 0.238. The van der Waals surface area contributed by atoms with Crippen LogP contribution in [0.4, 0.5) is 0 Å². The van der Waals surface area contributed by atoms with Crippen molar-refractivity contribution in [1.29, 1.82) is 5.26 Å². The van der Waals surface area contributed by atoms with Gasteiger partial charge in [-0.25, -0.2) is 0 Å². The fourth-order valence-corrected chi connectivity index (χ4v) is 3.72. The van der Waals surface area contributed by atoms with Gasteiger partial charge >= 0.3 is 0 Å². The molecule has 16 heavy (non-hydrogen) atoms. The largest absolute Gasteiger partial charge is 0.414 e. The predicted molar refractivity (Wildman–Crippen MR) is 71.9 cm³/mol. The third-order valence-corrected chi connectivity index (χ3v) is 4.31. The lowest BCUT2D eigenvalue weighted by atomic mass is 9.71. The van der Waals surface area contributed by atoms with E-state index in [0.717, 1.165) is 25.7 Å². The molecule has 0 fully saturated rings. The van der Waals surface area contributed by atoms with E-state index in [4.69, 9.17) is 4.43 Å². The van der Waals surface area contributed by atoms with Gasteiger partial charge in [-0.2, -0.15) is 5.26 Å². The van der Waals surface area contributed by atoms with Crippen molar-refractivity contribution in [1.82, 2.24) is 0 Å². The van der Waals surface area contributed by atoms with Crippen LogP contribution in [0.3, 0.4) is 0 Å². The van der Waals surface area contributed by atoms with E-state index in [2.05, 4.69) is 33.0 Å². The lowest BCUT2D eigenvalue weighted by Crippen LogP contribution is -2.48. The molecule has 0 saturated carbocycles. The van der Waals surface area contributed by atoms with E-state index < -0.39 is 14.5 Å². The summed E-state index contributed by atoms with van der Waals surface area (Å²) in [5, 5.41) is 9.36. The number of nitrogens with zero attached hydrogens (tertiary/aromatic N) is 1. The van der Waals surface area contributed by atoms with Crippen molar-refractivity contribution < 1.29 is 4.43 Å². The molecular weight excluding hydrogens is 214 g/mol. The maximum Gasteiger partial charge on any atom is 0.171 e. The summed E-state index contributed by atoms with van der Waals surface area (Å²) in [5.74, 6) is 0. The minimum atomic E-state index is -1.12. The Hall–Kier alpha value is -0.333. The molecule has 94 valence electrons. The first-order chi connectivity index (χ1) is 7.35. The molecule has 0 bridgehead atoms. The molecule has 0 aromatic rings. The van der Waals surface area contributed by atoms with Crippen LogP contribution in [-0.4, -0.2) is 14.6 Å². The van der Waals surface area contributed by atoms with Crippen LogP contribution in [0.5, 0.6) is 0 Å². The average molecular weight is 241 g/mol. The van der Waals surface area contributed by atoms with Crippen molar-refractivity contribution in [2.24, 2.45) is 5.41 Å². The summed E-state index contributed by atoms with van der Waals surface area (Å²) in [6, 6.07) is 2.44. The Bertz CT molecular complexity index is 245. The second kappa shape index (κ2) is 6.41. The summed E-state index contributed by atoms with van der Waals surface area (Å²) < 4.78 is 6.26. The number of unbranched alkanes of at least 4 members (excludes halogenated alkanes) is 1. The van der Waals surface area contributed by atoms with Gasteiger partial charge in [-0.3, -0.25) is 0 Å². The van der Waals surface area contributed by atoms with Crippen LogP contribution in [0.1, 0.15) is 53.4 Å². The van der Waals surface area contributed by atoms with E-state index in [9.17, 15) is 5.26 Å².